The van der Waals surface area contributed by atoms with Crippen LogP contribution in [0.4, 0.5) is 5.69 Å². The first-order valence-corrected chi connectivity index (χ1v) is 7.89. The molecule has 0 bridgehead atoms. The number of likely N-dealkylation sites (tertiary alicyclic amines) is 1. The van der Waals surface area contributed by atoms with Crippen LogP contribution in [-0.2, 0) is 16.1 Å². The van der Waals surface area contributed by atoms with Crippen LogP contribution >= 0.6 is 0 Å². The molecule has 1 atom stereocenters. The average Bonchev–Trinajstić information content (AvgIpc) is 2.56. The lowest BCUT2D eigenvalue weighted by atomic mass is 9.97. The summed E-state index contributed by atoms with van der Waals surface area (Å²) >= 11 is 0. The summed E-state index contributed by atoms with van der Waals surface area (Å²) in [6.45, 7) is 3.92. The molecule has 2 rings (SSSR count). The van der Waals surface area contributed by atoms with Gasteiger partial charge >= 0.3 is 11.7 Å². The number of piperidine rings is 1. The topological polar surface area (TPSA) is 102 Å². The number of methoxy groups -OCH3 is 1. The highest BCUT2D eigenvalue weighted by atomic mass is 16.6. The maximum atomic E-state index is 11.9. The van der Waals surface area contributed by atoms with Gasteiger partial charge in [-0.1, -0.05) is 0 Å². The Hall–Kier alpha value is -2.35. The standard InChI is InChI=1S/C16H22N2O6/c1-3-24-16(20)12-5-4-6-17(10-12)9-11-7-13(18(21)22)15(19)14(8-11)23-2/h7-8,12,19H,3-6,9-10H2,1-2H3/t12-/m0/s1. The van der Waals surface area contributed by atoms with Crippen LogP contribution in [0.25, 0.3) is 0 Å². The summed E-state index contributed by atoms with van der Waals surface area (Å²) < 4.78 is 10.1. The van der Waals surface area contributed by atoms with E-state index in [-0.39, 0.29) is 23.3 Å². The van der Waals surface area contributed by atoms with Crippen LogP contribution in [0.1, 0.15) is 25.3 Å². The first-order chi connectivity index (χ1) is 11.5. The second-order valence-corrected chi connectivity index (χ2v) is 5.75. The van der Waals surface area contributed by atoms with Gasteiger partial charge in [0.1, 0.15) is 0 Å². The molecule has 8 heteroatoms. The molecule has 0 amide bonds. The molecule has 1 aromatic carbocycles. The summed E-state index contributed by atoms with van der Waals surface area (Å²) in [7, 11) is 1.35. The van der Waals surface area contributed by atoms with Crippen molar-refractivity contribution in [2.45, 2.75) is 26.3 Å². The summed E-state index contributed by atoms with van der Waals surface area (Å²) in [5.74, 6) is -0.781. The number of phenolic OH excluding ortho intramolecular Hbond substituents is 1. The number of esters is 1. The highest BCUT2D eigenvalue weighted by Gasteiger charge is 2.28. The molecule has 1 heterocycles. The summed E-state index contributed by atoms with van der Waals surface area (Å²) in [6.07, 6.45) is 1.65. The second kappa shape index (κ2) is 7.96. The van der Waals surface area contributed by atoms with Gasteiger partial charge in [-0.25, -0.2) is 0 Å². The zero-order chi connectivity index (χ0) is 17.7. The molecule has 0 radical (unpaired) electrons. The molecule has 1 saturated heterocycles. The van der Waals surface area contributed by atoms with Crippen LogP contribution in [0.2, 0.25) is 0 Å². The monoisotopic (exact) mass is 338 g/mol. The van der Waals surface area contributed by atoms with Crippen molar-refractivity contribution in [1.29, 1.82) is 0 Å². The molecule has 8 nitrogen and oxygen atoms in total. The van der Waals surface area contributed by atoms with E-state index in [0.29, 0.717) is 25.3 Å². The maximum absolute atomic E-state index is 11.9. The number of hydrogen-bond donors (Lipinski definition) is 1. The Balaban J connectivity index is 2.14. The Morgan fingerprint density at radius 1 is 1.50 bits per heavy atom. The van der Waals surface area contributed by atoms with Gasteiger partial charge in [-0.2, -0.15) is 0 Å². The van der Waals surface area contributed by atoms with E-state index in [1.807, 2.05) is 0 Å². The highest BCUT2D eigenvalue weighted by molar-refractivity contribution is 5.72. The number of carbonyl (C=O) groups is 1. The maximum Gasteiger partial charge on any atom is 0.314 e. The largest absolute Gasteiger partial charge is 0.500 e. The van der Waals surface area contributed by atoms with E-state index >= 15 is 0 Å². The Bertz CT molecular complexity index is 619. The van der Waals surface area contributed by atoms with E-state index < -0.39 is 10.7 Å². The van der Waals surface area contributed by atoms with Crippen LogP contribution in [0, 0.1) is 16.0 Å². The zero-order valence-corrected chi connectivity index (χ0v) is 13.9. The number of rotatable bonds is 6. The van der Waals surface area contributed by atoms with Gasteiger partial charge in [0, 0.05) is 19.2 Å². The van der Waals surface area contributed by atoms with Crippen LogP contribution in [0.5, 0.6) is 11.5 Å². The van der Waals surface area contributed by atoms with Crippen LogP contribution in [0.3, 0.4) is 0 Å². The Labute approximate surface area is 140 Å². The fraction of sp³-hybridized carbons (Fsp3) is 0.562. The van der Waals surface area contributed by atoms with E-state index in [1.165, 1.54) is 13.2 Å². The molecule has 0 aliphatic carbocycles. The van der Waals surface area contributed by atoms with E-state index in [9.17, 15) is 20.0 Å². The molecule has 0 unspecified atom stereocenters. The third-order valence-electron chi connectivity index (χ3n) is 4.06. The lowest BCUT2D eigenvalue weighted by Gasteiger charge is -2.31. The van der Waals surface area contributed by atoms with E-state index in [2.05, 4.69) is 4.90 Å². The molecular weight excluding hydrogens is 316 g/mol. The number of ether oxygens (including phenoxy) is 2. The number of nitro groups is 1. The van der Waals surface area contributed by atoms with Crippen molar-refractivity contribution < 1.29 is 24.3 Å². The van der Waals surface area contributed by atoms with E-state index in [0.717, 1.165) is 19.4 Å². The predicted molar refractivity (Wildman–Crippen MR) is 85.9 cm³/mol. The van der Waals surface area contributed by atoms with Crippen molar-refractivity contribution >= 4 is 11.7 Å². The third kappa shape index (κ3) is 4.14. The van der Waals surface area contributed by atoms with E-state index in [1.54, 1.807) is 13.0 Å². The molecule has 0 spiro atoms. The second-order valence-electron chi connectivity index (χ2n) is 5.75. The van der Waals surface area contributed by atoms with Crippen LogP contribution < -0.4 is 4.74 Å². The van der Waals surface area contributed by atoms with Gasteiger partial charge in [0.2, 0.25) is 5.75 Å². The number of benzene rings is 1. The number of carbonyl (C=O) groups excluding carboxylic acids is 1. The van der Waals surface area contributed by atoms with Crippen molar-refractivity contribution in [3.05, 3.63) is 27.8 Å². The fourth-order valence-corrected chi connectivity index (χ4v) is 2.94. The smallest absolute Gasteiger partial charge is 0.314 e. The molecule has 1 aliphatic heterocycles. The summed E-state index contributed by atoms with van der Waals surface area (Å²) in [5, 5.41) is 20.9. The highest BCUT2D eigenvalue weighted by Crippen LogP contribution is 2.37. The average molecular weight is 338 g/mol. The molecule has 1 aromatic rings. The molecule has 0 saturated carbocycles. The van der Waals surface area contributed by atoms with E-state index in [4.69, 9.17) is 9.47 Å². The predicted octanol–water partition coefficient (Wildman–Crippen LogP) is 2.08. The van der Waals surface area contributed by atoms with Crippen molar-refractivity contribution in [3.63, 3.8) is 0 Å². The van der Waals surface area contributed by atoms with Gasteiger partial charge in [-0.15, -0.1) is 0 Å². The zero-order valence-electron chi connectivity index (χ0n) is 13.9. The van der Waals surface area contributed by atoms with Crippen molar-refractivity contribution in [2.24, 2.45) is 5.92 Å². The van der Waals surface area contributed by atoms with Gasteiger partial charge in [-0.05, 0) is 37.9 Å². The molecule has 1 N–H and O–H groups in total. The number of nitro benzene ring substituents is 1. The number of aromatic hydroxyl groups is 1. The minimum atomic E-state index is -0.640. The van der Waals surface area contributed by atoms with Gasteiger partial charge < -0.3 is 14.6 Å². The molecule has 0 aromatic heterocycles. The Morgan fingerprint density at radius 2 is 2.25 bits per heavy atom. The molecule has 1 aliphatic rings. The molecular formula is C16H22N2O6. The van der Waals surface area contributed by atoms with Crippen molar-refractivity contribution in [1.82, 2.24) is 4.90 Å². The van der Waals surface area contributed by atoms with Crippen LogP contribution in [-0.4, -0.2) is 47.7 Å². The number of phenols is 1. The third-order valence-corrected chi connectivity index (χ3v) is 4.06. The van der Waals surface area contributed by atoms with Gasteiger partial charge in [0.15, 0.2) is 5.75 Å². The number of hydrogen-bond acceptors (Lipinski definition) is 7. The Kier molecular flexibility index (Phi) is 5.97. The van der Waals surface area contributed by atoms with Gasteiger partial charge in [0.05, 0.1) is 24.6 Å². The normalized spacial score (nSPS) is 18.2. The molecule has 1 fully saturated rings. The van der Waals surface area contributed by atoms with Crippen molar-refractivity contribution in [3.8, 4) is 11.5 Å². The molecule has 132 valence electrons. The fourth-order valence-electron chi connectivity index (χ4n) is 2.94. The quantitative estimate of drug-likeness (QED) is 0.481. The van der Waals surface area contributed by atoms with Crippen molar-refractivity contribution in [2.75, 3.05) is 26.8 Å². The lowest BCUT2D eigenvalue weighted by Crippen LogP contribution is -2.38. The Morgan fingerprint density at radius 3 is 2.88 bits per heavy atom. The SMILES string of the molecule is CCOC(=O)[C@H]1CCCN(Cc2cc(OC)c(O)c([N+](=O)[O-])c2)C1. The lowest BCUT2D eigenvalue weighted by molar-refractivity contribution is -0.386. The van der Waals surface area contributed by atoms with Crippen LogP contribution in [0.15, 0.2) is 12.1 Å². The minimum absolute atomic E-state index is 0.0677. The van der Waals surface area contributed by atoms with Gasteiger partial charge in [-0.3, -0.25) is 19.8 Å². The first-order valence-electron chi connectivity index (χ1n) is 7.89. The summed E-state index contributed by atoms with van der Waals surface area (Å²) in [6, 6.07) is 2.92. The minimum Gasteiger partial charge on any atom is -0.500 e. The summed E-state index contributed by atoms with van der Waals surface area (Å²) in [5.41, 5.74) is 0.268. The summed E-state index contributed by atoms with van der Waals surface area (Å²) in [4.78, 5) is 24.4. The first kappa shape index (κ1) is 18.0. The van der Waals surface area contributed by atoms with Gasteiger partial charge in [0.25, 0.3) is 0 Å². The molecule has 24 heavy (non-hydrogen) atoms. The number of nitrogens with zero attached hydrogens (tertiary/aromatic N) is 2.